The Morgan fingerprint density at radius 3 is 2.50 bits per heavy atom. The van der Waals surface area contributed by atoms with E-state index in [1.165, 1.54) is 11.1 Å². The van der Waals surface area contributed by atoms with Gasteiger partial charge < -0.3 is 15.2 Å². The molecule has 32 heavy (non-hydrogen) atoms. The van der Waals surface area contributed by atoms with E-state index in [-0.39, 0.29) is 11.5 Å². The van der Waals surface area contributed by atoms with E-state index in [1.54, 1.807) is 0 Å². The number of hydrogen-bond donors (Lipinski definition) is 3. The van der Waals surface area contributed by atoms with Gasteiger partial charge in [0.05, 0.1) is 5.69 Å². The molecule has 3 nitrogen and oxygen atoms in total. The average molecular weight is 432 g/mol. The van der Waals surface area contributed by atoms with Crippen molar-refractivity contribution in [3.8, 4) is 22.8 Å². The van der Waals surface area contributed by atoms with Crippen molar-refractivity contribution < 1.29 is 10.2 Å². The van der Waals surface area contributed by atoms with E-state index < -0.39 is 0 Å². The molecule has 0 aliphatic rings. The van der Waals surface area contributed by atoms with E-state index in [9.17, 15) is 10.2 Å². The Balaban J connectivity index is 1.98. The Morgan fingerprint density at radius 2 is 1.78 bits per heavy atom. The van der Waals surface area contributed by atoms with Gasteiger partial charge in [0.15, 0.2) is 0 Å². The van der Waals surface area contributed by atoms with Crippen molar-refractivity contribution in [1.82, 2.24) is 4.98 Å². The predicted octanol–water partition coefficient (Wildman–Crippen LogP) is 8.21. The van der Waals surface area contributed by atoms with Crippen LogP contribution >= 0.6 is 0 Å². The van der Waals surface area contributed by atoms with Gasteiger partial charge in [0.2, 0.25) is 0 Å². The molecular formula is C29H37NO2. The summed E-state index contributed by atoms with van der Waals surface area (Å²) in [5.41, 5.74) is 6.95. The number of aromatic hydroxyl groups is 2. The number of allylic oxidation sites excluding steroid dienone is 4. The van der Waals surface area contributed by atoms with Crippen molar-refractivity contribution in [2.45, 2.75) is 72.6 Å². The maximum atomic E-state index is 11.3. The number of phenols is 2. The largest absolute Gasteiger partial charge is 0.508 e. The van der Waals surface area contributed by atoms with Crippen molar-refractivity contribution in [3.63, 3.8) is 0 Å². The van der Waals surface area contributed by atoms with E-state index in [0.29, 0.717) is 12.0 Å². The van der Waals surface area contributed by atoms with Crippen LogP contribution in [-0.4, -0.2) is 15.2 Å². The van der Waals surface area contributed by atoms with Crippen LogP contribution in [0.5, 0.6) is 11.5 Å². The maximum absolute atomic E-state index is 11.3. The van der Waals surface area contributed by atoms with Crippen LogP contribution in [0.2, 0.25) is 0 Å². The fourth-order valence-electron chi connectivity index (χ4n) is 4.19. The second-order valence-corrected chi connectivity index (χ2v) is 9.06. The number of benzene rings is 2. The first-order valence-corrected chi connectivity index (χ1v) is 11.8. The highest BCUT2D eigenvalue weighted by Gasteiger charge is 2.19. The van der Waals surface area contributed by atoms with Gasteiger partial charge in [0, 0.05) is 22.0 Å². The van der Waals surface area contributed by atoms with Crippen molar-refractivity contribution in [1.29, 1.82) is 0 Å². The minimum Gasteiger partial charge on any atom is -0.508 e. The van der Waals surface area contributed by atoms with E-state index in [4.69, 9.17) is 0 Å². The van der Waals surface area contributed by atoms with E-state index in [2.05, 4.69) is 57.0 Å². The Labute approximate surface area is 192 Å². The SMILES string of the molecule is CCCCCc1cc(O)c(C/C=C(\C)CCC=C(C)C)c(O)c1-c1cc2ccccc2[nH]1. The lowest BCUT2D eigenvalue weighted by Crippen LogP contribution is -1.97. The summed E-state index contributed by atoms with van der Waals surface area (Å²) in [6.45, 7) is 8.53. The highest BCUT2D eigenvalue weighted by molar-refractivity contribution is 5.88. The van der Waals surface area contributed by atoms with E-state index in [1.807, 2.05) is 24.3 Å². The summed E-state index contributed by atoms with van der Waals surface area (Å²) in [6, 6.07) is 12.1. The molecule has 2 aromatic carbocycles. The zero-order valence-electron chi connectivity index (χ0n) is 20.0. The van der Waals surface area contributed by atoms with Crippen LogP contribution in [0.15, 0.2) is 59.7 Å². The van der Waals surface area contributed by atoms with Crippen molar-refractivity contribution >= 4 is 10.9 Å². The number of nitrogens with one attached hydrogen (secondary N) is 1. The molecule has 3 aromatic rings. The quantitative estimate of drug-likeness (QED) is 0.224. The summed E-state index contributed by atoms with van der Waals surface area (Å²) >= 11 is 0. The molecule has 3 heteroatoms. The molecule has 0 aliphatic carbocycles. The van der Waals surface area contributed by atoms with Crippen LogP contribution in [0.1, 0.15) is 70.9 Å². The molecular weight excluding hydrogens is 394 g/mol. The number of rotatable bonds is 10. The maximum Gasteiger partial charge on any atom is 0.132 e. The van der Waals surface area contributed by atoms with Crippen molar-refractivity contribution in [3.05, 3.63) is 70.8 Å². The van der Waals surface area contributed by atoms with Crippen LogP contribution in [0.4, 0.5) is 0 Å². The Kier molecular flexibility index (Phi) is 8.21. The van der Waals surface area contributed by atoms with Crippen molar-refractivity contribution in [2.75, 3.05) is 0 Å². The minimum absolute atomic E-state index is 0.183. The van der Waals surface area contributed by atoms with Crippen LogP contribution in [0.25, 0.3) is 22.2 Å². The molecule has 0 unspecified atom stereocenters. The van der Waals surface area contributed by atoms with Crippen LogP contribution in [0, 0.1) is 0 Å². The number of H-pyrrole nitrogens is 1. The fraction of sp³-hybridized carbons (Fsp3) is 0.379. The zero-order chi connectivity index (χ0) is 23.1. The molecule has 0 atom stereocenters. The molecule has 0 aliphatic heterocycles. The van der Waals surface area contributed by atoms with Crippen LogP contribution in [0.3, 0.4) is 0 Å². The summed E-state index contributed by atoms with van der Waals surface area (Å²) in [5.74, 6) is 0.374. The van der Waals surface area contributed by atoms with Gasteiger partial charge in [-0.3, -0.25) is 0 Å². The number of hydrogen-bond acceptors (Lipinski definition) is 2. The molecule has 3 N–H and O–H groups in total. The summed E-state index contributed by atoms with van der Waals surface area (Å²) < 4.78 is 0. The molecule has 1 aromatic heterocycles. The predicted molar refractivity (Wildman–Crippen MR) is 136 cm³/mol. The molecule has 0 radical (unpaired) electrons. The number of fused-ring (bicyclic) bond motifs is 1. The number of phenolic OH excluding ortho intramolecular Hbond substituents is 2. The van der Waals surface area contributed by atoms with E-state index in [0.717, 1.165) is 66.2 Å². The molecule has 3 rings (SSSR count). The number of unbranched alkanes of at least 4 members (excludes halogenated alkanes) is 2. The normalized spacial score (nSPS) is 11.8. The Bertz CT molecular complexity index is 1080. The Hall–Kier alpha value is -2.94. The summed E-state index contributed by atoms with van der Waals surface area (Å²) in [5, 5.41) is 23.2. The van der Waals surface area contributed by atoms with Crippen LogP contribution < -0.4 is 0 Å². The monoisotopic (exact) mass is 431 g/mol. The number of aromatic amines is 1. The van der Waals surface area contributed by atoms with Gasteiger partial charge in [-0.15, -0.1) is 0 Å². The molecule has 1 heterocycles. The smallest absolute Gasteiger partial charge is 0.132 e. The topological polar surface area (TPSA) is 56.2 Å². The second-order valence-electron chi connectivity index (χ2n) is 9.06. The van der Waals surface area contributed by atoms with Gasteiger partial charge in [-0.05, 0) is 76.6 Å². The van der Waals surface area contributed by atoms with Gasteiger partial charge in [0.1, 0.15) is 11.5 Å². The lowest BCUT2D eigenvalue weighted by atomic mass is 9.93. The van der Waals surface area contributed by atoms with Gasteiger partial charge >= 0.3 is 0 Å². The van der Waals surface area contributed by atoms with Gasteiger partial charge in [-0.25, -0.2) is 0 Å². The zero-order valence-corrected chi connectivity index (χ0v) is 20.0. The summed E-state index contributed by atoms with van der Waals surface area (Å²) in [7, 11) is 0. The third-order valence-electron chi connectivity index (χ3n) is 6.06. The van der Waals surface area contributed by atoms with Crippen molar-refractivity contribution in [2.24, 2.45) is 0 Å². The molecule has 0 spiro atoms. The van der Waals surface area contributed by atoms with Gasteiger partial charge in [-0.1, -0.05) is 61.3 Å². The molecule has 170 valence electrons. The highest BCUT2D eigenvalue weighted by atomic mass is 16.3. The van der Waals surface area contributed by atoms with Crippen LogP contribution in [-0.2, 0) is 12.8 Å². The third kappa shape index (κ3) is 5.85. The average Bonchev–Trinajstić information content (AvgIpc) is 3.17. The molecule has 0 fully saturated rings. The van der Waals surface area contributed by atoms with E-state index >= 15 is 0 Å². The first-order valence-electron chi connectivity index (χ1n) is 11.8. The minimum atomic E-state index is 0.183. The second kappa shape index (κ2) is 11.1. The standard InChI is InChI=1S/C29H37NO2/c1-5-6-7-14-23-19-27(31)24(17-16-21(4)12-10-11-20(2)3)29(32)28(23)26-18-22-13-8-9-15-25(22)30-26/h8-9,11,13,15-16,18-19,30-32H,5-7,10,12,14,17H2,1-4H3/b21-16+. The third-order valence-corrected chi connectivity index (χ3v) is 6.06. The highest BCUT2D eigenvalue weighted by Crippen LogP contribution is 2.42. The lowest BCUT2D eigenvalue weighted by Gasteiger charge is -2.16. The first-order chi connectivity index (χ1) is 15.4. The summed E-state index contributed by atoms with van der Waals surface area (Å²) in [4.78, 5) is 3.47. The fourth-order valence-corrected chi connectivity index (χ4v) is 4.19. The number of aryl methyl sites for hydroxylation is 1. The number of aromatic nitrogens is 1. The molecule has 0 saturated carbocycles. The first kappa shape index (κ1) is 23.7. The lowest BCUT2D eigenvalue weighted by molar-refractivity contribution is 0.440. The Morgan fingerprint density at radius 1 is 1.00 bits per heavy atom. The van der Waals surface area contributed by atoms with Gasteiger partial charge in [0.25, 0.3) is 0 Å². The number of para-hydroxylation sites is 1. The van der Waals surface area contributed by atoms with Gasteiger partial charge in [-0.2, -0.15) is 0 Å². The molecule has 0 saturated heterocycles. The molecule has 0 bridgehead atoms. The molecule has 0 amide bonds. The summed E-state index contributed by atoms with van der Waals surface area (Å²) in [6.07, 6.45) is 11.0.